The summed E-state index contributed by atoms with van der Waals surface area (Å²) in [6.45, 7) is 4.08. The van der Waals surface area contributed by atoms with Gasteiger partial charge in [-0.05, 0) is 49.1 Å². The highest BCUT2D eigenvalue weighted by Crippen LogP contribution is 2.19. The topological polar surface area (TPSA) is 88.6 Å². The number of likely N-dealkylation sites (tertiary alicyclic amines) is 1. The lowest BCUT2D eigenvalue weighted by atomic mass is 9.98. The number of nitrogens with two attached hydrogens (primary N) is 1. The fraction of sp³-hybridized carbons (Fsp3) is 0.368. The van der Waals surface area contributed by atoms with Gasteiger partial charge in [0.1, 0.15) is 12.0 Å². The summed E-state index contributed by atoms with van der Waals surface area (Å²) in [7, 11) is 0. The SMILES string of the molecule is CC1CCN(C(=O)c2ccc(NC(=O)c3coc(CN)c3)cc2)CC1. The summed E-state index contributed by atoms with van der Waals surface area (Å²) in [6.07, 6.45) is 3.48. The highest BCUT2D eigenvalue weighted by atomic mass is 16.3. The third kappa shape index (κ3) is 4.09. The van der Waals surface area contributed by atoms with Gasteiger partial charge in [-0.15, -0.1) is 0 Å². The number of benzene rings is 1. The Kier molecular flexibility index (Phi) is 5.19. The van der Waals surface area contributed by atoms with Crippen LogP contribution in [0.4, 0.5) is 5.69 Å². The summed E-state index contributed by atoms with van der Waals surface area (Å²) in [6, 6.07) is 8.58. The molecular weight excluding hydrogens is 318 g/mol. The number of nitrogens with one attached hydrogen (secondary N) is 1. The monoisotopic (exact) mass is 341 g/mol. The molecule has 0 radical (unpaired) electrons. The molecule has 0 atom stereocenters. The molecule has 0 spiro atoms. The highest BCUT2D eigenvalue weighted by molar-refractivity contribution is 6.04. The molecule has 132 valence electrons. The number of hydrogen-bond donors (Lipinski definition) is 2. The first kappa shape index (κ1) is 17.2. The molecule has 6 heteroatoms. The Balaban J connectivity index is 1.61. The smallest absolute Gasteiger partial charge is 0.258 e. The van der Waals surface area contributed by atoms with Crippen molar-refractivity contribution >= 4 is 17.5 Å². The molecular formula is C19H23N3O3. The molecule has 2 amide bonds. The van der Waals surface area contributed by atoms with Crippen LogP contribution in [0.2, 0.25) is 0 Å². The maximum atomic E-state index is 12.5. The maximum absolute atomic E-state index is 12.5. The number of nitrogens with zero attached hydrogens (tertiary/aromatic N) is 1. The molecule has 0 saturated carbocycles. The summed E-state index contributed by atoms with van der Waals surface area (Å²) in [5, 5.41) is 2.78. The molecule has 3 N–H and O–H groups in total. The number of carbonyl (C=O) groups excluding carboxylic acids is 2. The van der Waals surface area contributed by atoms with E-state index in [0.717, 1.165) is 25.9 Å². The predicted molar refractivity (Wildman–Crippen MR) is 95.3 cm³/mol. The highest BCUT2D eigenvalue weighted by Gasteiger charge is 2.21. The van der Waals surface area contributed by atoms with Crippen molar-refractivity contribution in [3.8, 4) is 0 Å². The molecule has 6 nitrogen and oxygen atoms in total. The van der Waals surface area contributed by atoms with Gasteiger partial charge >= 0.3 is 0 Å². The van der Waals surface area contributed by atoms with Crippen molar-refractivity contribution in [2.24, 2.45) is 11.7 Å². The Hall–Kier alpha value is -2.60. The van der Waals surface area contributed by atoms with Gasteiger partial charge in [0.25, 0.3) is 11.8 Å². The van der Waals surface area contributed by atoms with E-state index >= 15 is 0 Å². The van der Waals surface area contributed by atoms with Gasteiger partial charge in [-0.25, -0.2) is 0 Å². The molecule has 0 aliphatic carbocycles. The van der Waals surface area contributed by atoms with Gasteiger partial charge in [0.15, 0.2) is 0 Å². The first-order valence-electron chi connectivity index (χ1n) is 8.55. The van der Waals surface area contributed by atoms with Crippen LogP contribution in [0.5, 0.6) is 0 Å². The third-order valence-electron chi connectivity index (χ3n) is 4.58. The van der Waals surface area contributed by atoms with Crippen LogP contribution in [0, 0.1) is 5.92 Å². The Morgan fingerprint density at radius 1 is 1.20 bits per heavy atom. The van der Waals surface area contributed by atoms with E-state index in [-0.39, 0.29) is 18.4 Å². The molecule has 2 aromatic rings. The fourth-order valence-corrected chi connectivity index (χ4v) is 2.90. The van der Waals surface area contributed by atoms with Crippen molar-refractivity contribution in [2.75, 3.05) is 18.4 Å². The number of carbonyl (C=O) groups is 2. The second kappa shape index (κ2) is 7.53. The minimum atomic E-state index is -0.271. The largest absolute Gasteiger partial charge is 0.467 e. The van der Waals surface area contributed by atoms with Crippen molar-refractivity contribution in [1.29, 1.82) is 0 Å². The van der Waals surface area contributed by atoms with E-state index in [4.69, 9.17) is 10.2 Å². The Morgan fingerprint density at radius 2 is 1.88 bits per heavy atom. The van der Waals surface area contributed by atoms with Crippen LogP contribution in [0.1, 0.15) is 46.2 Å². The molecule has 1 fully saturated rings. The number of rotatable bonds is 4. The zero-order chi connectivity index (χ0) is 17.8. The van der Waals surface area contributed by atoms with Gasteiger partial charge in [-0.2, -0.15) is 0 Å². The van der Waals surface area contributed by atoms with Gasteiger partial charge in [0.05, 0.1) is 12.1 Å². The number of anilines is 1. The minimum absolute atomic E-state index is 0.0483. The summed E-state index contributed by atoms with van der Waals surface area (Å²) in [5.74, 6) is 1.02. The van der Waals surface area contributed by atoms with Crippen LogP contribution in [0.3, 0.4) is 0 Å². The number of piperidine rings is 1. The maximum Gasteiger partial charge on any atom is 0.258 e. The van der Waals surface area contributed by atoms with Crippen LogP contribution in [0.15, 0.2) is 41.0 Å². The van der Waals surface area contributed by atoms with E-state index < -0.39 is 0 Å². The first-order valence-corrected chi connectivity index (χ1v) is 8.55. The van der Waals surface area contributed by atoms with E-state index in [1.807, 2.05) is 4.90 Å². The average Bonchev–Trinajstić information content (AvgIpc) is 3.12. The predicted octanol–water partition coefficient (Wildman–Crippen LogP) is 2.86. The molecule has 1 aromatic carbocycles. The van der Waals surface area contributed by atoms with E-state index in [1.165, 1.54) is 6.26 Å². The molecule has 25 heavy (non-hydrogen) atoms. The molecule has 1 aromatic heterocycles. The van der Waals surface area contributed by atoms with Crippen LogP contribution in [0.25, 0.3) is 0 Å². The van der Waals surface area contributed by atoms with Crippen molar-refractivity contribution in [3.63, 3.8) is 0 Å². The molecule has 2 heterocycles. The summed E-state index contributed by atoms with van der Waals surface area (Å²) in [5.41, 5.74) is 7.16. The van der Waals surface area contributed by atoms with E-state index in [1.54, 1.807) is 30.3 Å². The van der Waals surface area contributed by atoms with E-state index in [0.29, 0.717) is 28.5 Å². The second-order valence-electron chi connectivity index (χ2n) is 6.51. The van der Waals surface area contributed by atoms with Gasteiger partial charge in [0, 0.05) is 24.3 Å². The van der Waals surface area contributed by atoms with Crippen molar-refractivity contribution in [3.05, 3.63) is 53.5 Å². The zero-order valence-corrected chi connectivity index (χ0v) is 14.3. The van der Waals surface area contributed by atoms with E-state index in [9.17, 15) is 9.59 Å². The van der Waals surface area contributed by atoms with Crippen LogP contribution >= 0.6 is 0 Å². The number of furan rings is 1. The standard InChI is InChI=1S/C19H23N3O3/c1-13-6-8-22(9-7-13)19(24)14-2-4-16(5-3-14)21-18(23)15-10-17(11-20)25-12-15/h2-5,10,12-13H,6-9,11,20H2,1H3,(H,21,23). The van der Waals surface area contributed by atoms with Crippen molar-refractivity contribution in [2.45, 2.75) is 26.3 Å². The van der Waals surface area contributed by atoms with E-state index in [2.05, 4.69) is 12.2 Å². The fourth-order valence-electron chi connectivity index (χ4n) is 2.90. The molecule has 3 rings (SSSR count). The summed E-state index contributed by atoms with van der Waals surface area (Å²) < 4.78 is 5.16. The van der Waals surface area contributed by atoms with Crippen molar-refractivity contribution in [1.82, 2.24) is 4.90 Å². The summed E-state index contributed by atoms with van der Waals surface area (Å²) in [4.78, 5) is 26.6. The van der Waals surface area contributed by atoms with Crippen molar-refractivity contribution < 1.29 is 14.0 Å². The summed E-state index contributed by atoms with van der Waals surface area (Å²) >= 11 is 0. The average molecular weight is 341 g/mol. The lowest BCUT2D eigenvalue weighted by Crippen LogP contribution is -2.37. The lowest BCUT2D eigenvalue weighted by Gasteiger charge is -2.30. The Labute approximate surface area is 147 Å². The van der Waals surface area contributed by atoms with Gasteiger partial charge < -0.3 is 20.4 Å². The Morgan fingerprint density at radius 3 is 2.48 bits per heavy atom. The van der Waals surface area contributed by atoms with Gasteiger partial charge in [0.2, 0.25) is 0 Å². The minimum Gasteiger partial charge on any atom is -0.467 e. The molecule has 1 saturated heterocycles. The Bertz CT molecular complexity index is 744. The van der Waals surface area contributed by atoms with Crippen LogP contribution < -0.4 is 11.1 Å². The quantitative estimate of drug-likeness (QED) is 0.895. The second-order valence-corrected chi connectivity index (χ2v) is 6.51. The van der Waals surface area contributed by atoms with Gasteiger partial charge in [-0.3, -0.25) is 9.59 Å². The van der Waals surface area contributed by atoms with Crippen LogP contribution in [-0.2, 0) is 6.54 Å². The number of amides is 2. The first-order chi connectivity index (χ1) is 12.1. The molecule has 0 bridgehead atoms. The lowest BCUT2D eigenvalue weighted by molar-refractivity contribution is 0.0697. The number of hydrogen-bond acceptors (Lipinski definition) is 4. The third-order valence-corrected chi connectivity index (χ3v) is 4.58. The van der Waals surface area contributed by atoms with Crippen LogP contribution in [-0.4, -0.2) is 29.8 Å². The molecule has 0 unspecified atom stereocenters. The molecule has 1 aliphatic rings. The molecule has 1 aliphatic heterocycles. The normalized spacial score (nSPS) is 15.2. The zero-order valence-electron chi connectivity index (χ0n) is 14.3. The van der Waals surface area contributed by atoms with Gasteiger partial charge in [-0.1, -0.05) is 6.92 Å².